The van der Waals surface area contributed by atoms with Crippen LogP contribution in [0.15, 0.2) is 35.3 Å². The monoisotopic (exact) mass is 356 g/mol. The van der Waals surface area contributed by atoms with E-state index < -0.39 is 0 Å². The number of nitrogens with zero attached hydrogens (tertiary/aromatic N) is 2. The van der Waals surface area contributed by atoms with Crippen molar-refractivity contribution in [3.63, 3.8) is 0 Å². The maximum Gasteiger partial charge on any atom is 0.323 e. The molecule has 2 N–H and O–H groups in total. The number of likely N-dealkylation sites (tertiary alicyclic amines) is 1. The van der Waals surface area contributed by atoms with Crippen molar-refractivity contribution in [3.05, 3.63) is 58.0 Å². The van der Waals surface area contributed by atoms with Crippen LogP contribution in [0.5, 0.6) is 0 Å². The molecule has 4 aliphatic rings. The van der Waals surface area contributed by atoms with Gasteiger partial charge in [0.25, 0.3) is 5.91 Å². The second-order valence-electron chi connectivity index (χ2n) is 7.63. The number of aromatic amines is 2. The Morgan fingerprint density at radius 1 is 1.12 bits per heavy atom. The van der Waals surface area contributed by atoms with Crippen molar-refractivity contribution in [2.45, 2.75) is 30.8 Å². The van der Waals surface area contributed by atoms with Crippen LogP contribution < -0.4 is 5.69 Å². The molecule has 136 valence electrons. The van der Waals surface area contributed by atoms with E-state index in [1.54, 1.807) is 0 Å². The minimum absolute atomic E-state index is 0.128. The summed E-state index contributed by atoms with van der Waals surface area (Å²) in [6.07, 6.45) is 3.65. The fourth-order valence-corrected chi connectivity index (χ4v) is 5.26. The van der Waals surface area contributed by atoms with Crippen LogP contribution in [-0.2, 0) is 0 Å². The van der Waals surface area contributed by atoms with Crippen LogP contribution in [0, 0.1) is 11.7 Å². The number of carbonyl (C=O) groups excluding carboxylic acids is 1. The van der Waals surface area contributed by atoms with Gasteiger partial charge >= 0.3 is 5.69 Å². The summed E-state index contributed by atoms with van der Waals surface area (Å²) in [4.78, 5) is 34.0. The van der Waals surface area contributed by atoms with Crippen LogP contribution in [-0.4, -0.2) is 57.4 Å². The number of amides is 1. The molecule has 26 heavy (non-hydrogen) atoms. The van der Waals surface area contributed by atoms with Gasteiger partial charge in [-0.3, -0.25) is 9.69 Å². The predicted molar refractivity (Wildman–Crippen MR) is 93.5 cm³/mol. The molecule has 4 saturated heterocycles. The highest BCUT2D eigenvalue weighted by molar-refractivity contribution is 5.92. The Morgan fingerprint density at radius 2 is 1.85 bits per heavy atom. The number of aromatic nitrogens is 2. The summed E-state index contributed by atoms with van der Waals surface area (Å²) in [5, 5.41) is 0. The zero-order valence-electron chi connectivity index (χ0n) is 14.3. The number of halogens is 1. The molecule has 4 aliphatic heterocycles. The van der Waals surface area contributed by atoms with Crippen molar-refractivity contribution < 1.29 is 9.18 Å². The number of rotatable bonds is 2. The molecule has 6 nitrogen and oxygen atoms in total. The first-order chi connectivity index (χ1) is 12.6. The molecule has 0 aliphatic carbocycles. The highest BCUT2D eigenvalue weighted by Gasteiger charge is 2.54. The number of H-pyrrole nitrogens is 2. The molecule has 0 radical (unpaired) electrons. The molecule has 3 atom stereocenters. The molecule has 5 heterocycles. The maximum atomic E-state index is 13.4. The largest absolute Gasteiger partial charge is 0.332 e. The van der Waals surface area contributed by atoms with E-state index in [0.717, 1.165) is 31.5 Å². The van der Waals surface area contributed by atoms with Gasteiger partial charge in [-0.1, -0.05) is 12.1 Å². The zero-order valence-corrected chi connectivity index (χ0v) is 14.3. The van der Waals surface area contributed by atoms with E-state index in [1.807, 2.05) is 17.0 Å². The van der Waals surface area contributed by atoms with Crippen LogP contribution >= 0.6 is 0 Å². The van der Waals surface area contributed by atoms with E-state index in [4.69, 9.17) is 0 Å². The lowest BCUT2D eigenvalue weighted by molar-refractivity contribution is -0.00357. The number of carbonyl (C=O) groups is 1. The fraction of sp³-hybridized carbons (Fsp3) is 0.474. The Labute approximate surface area is 150 Å². The highest BCUT2D eigenvalue weighted by atomic mass is 19.1. The number of hydrogen-bond donors (Lipinski definition) is 2. The lowest BCUT2D eigenvalue weighted by Crippen LogP contribution is -2.60. The first-order valence-corrected chi connectivity index (χ1v) is 9.20. The number of hydrogen-bond acceptors (Lipinski definition) is 3. The second kappa shape index (κ2) is 5.81. The molecule has 0 saturated carbocycles. The summed E-state index contributed by atoms with van der Waals surface area (Å²) in [7, 11) is 0. The third kappa shape index (κ3) is 2.34. The van der Waals surface area contributed by atoms with Crippen molar-refractivity contribution in [3.8, 4) is 0 Å². The van der Waals surface area contributed by atoms with Crippen molar-refractivity contribution in [2.24, 2.45) is 5.92 Å². The van der Waals surface area contributed by atoms with Gasteiger partial charge < -0.3 is 14.9 Å². The molecule has 0 unspecified atom stereocenters. The number of imidazole rings is 1. The summed E-state index contributed by atoms with van der Waals surface area (Å²) in [5.41, 5.74) is 1.02. The van der Waals surface area contributed by atoms with Gasteiger partial charge in [0.2, 0.25) is 0 Å². The Balaban J connectivity index is 1.53. The molecule has 0 spiro atoms. The average molecular weight is 356 g/mol. The van der Waals surface area contributed by atoms with Crippen molar-refractivity contribution in [2.75, 3.05) is 19.6 Å². The van der Waals surface area contributed by atoms with Crippen LogP contribution in [0.4, 0.5) is 4.39 Å². The van der Waals surface area contributed by atoms with Gasteiger partial charge in [0, 0.05) is 24.7 Å². The maximum absolute atomic E-state index is 13.4. The Morgan fingerprint density at radius 3 is 2.50 bits per heavy atom. The molecule has 1 aromatic heterocycles. The highest BCUT2D eigenvalue weighted by Crippen LogP contribution is 2.46. The standard InChI is InChI=1S/C19H21FN4O2/c20-13-3-1-11(2-4-13)14-10-24(18(25)15-9-21-19(26)22-15)16-12-5-7-23(8-6-12)17(14)16/h1-4,9,12,14,16-17H,5-8,10H2,(H2,21,22,26)/t14-,16+,17+/m0/s1. The number of fused-ring (bicyclic) bond motifs is 2. The van der Waals surface area contributed by atoms with Gasteiger partial charge in [-0.2, -0.15) is 0 Å². The van der Waals surface area contributed by atoms with Crippen molar-refractivity contribution >= 4 is 5.91 Å². The van der Waals surface area contributed by atoms with Crippen molar-refractivity contribution in [1.82, 2.24) is 19.8 Å². The predicted octanol–water partition coefficient (Wildman–Crippen LogP) is 1.54. The molecular formula is C19H21FN4O2. The van der Waals surface area contributed by atoms with E-state index in [9.17, 15) is 14.0 Å². The Kier molecular flexibility index (Phi) is 3.53. The summed E-state index contributed by atoms with van der Waals surface area (Å²) >= 11 is 0. The van der Waals surface area contributed by atoms with E-state index in [1.165, 1.54) is 18.3 Å². The smallest absolute Gasteiger partial charge is 0.323 e. The zero-order chi connectivity index (χ0) is 17.8. The summed E-state index contributed by atoms with van der Waals surface area (Å²) in [6.45, 7) is 2.72. The fourth-order valence-electron chi connectivity index (χ4n) is 5.26. The van der Waals surface area contributed by atoms with Crippen molar-refractivity contribution in [1.29, 1.82) is 0 Å². The minimum Gasteiger partial charge on any atom is -0.332 e. The van der Waals surface area contributed by atoms with Gasteiger partial charge in [-0.05, 0) is 49.5 Å². The number of piperidine rings is 3. The number of nitrogens with one attached hydrogen (secondary N) is 2. The average Bonchev–Trinajstić information content (AvgIpc) is 3.28. The Bertz CT molecular complexity index is 881. The molecule has 1 aromatic carbocycles. The molecule has 6 rings (SSSR count). The number of benzene rings is 1. The lowest BCUT2D eigenvalue weighted by atomic mass is 9.75. The minimum atomic E-state index is -0.368. The van der Waals surface area contributed by atoms with Gasteiger partial charge in [0.1, 0.15) is 11.5 Å². The molecule has 1 amide bonds. The third-order valence-electron chi connectivity index (χ3n) is 6.38. The van der Waals surface area contributed by atoms with Crippen LogP contribution in [0.2, 0.25) is 0 Å². The molecular weight excluding hydrogens is 335 g/mol. The van der Waals surface area contributed by atoms with E-state index in [2.05, 4.69) is 14.9 Å². The first kappa shape index (κ1) is 15.8. The van der Waals surface area contributed by atoms with E-state index >= 15 is 0 Å². The SMILES string of the molecule is O=C(c1c[nH]c(=O)[nH]1)N1C[C@@H](c2ccc(F)cc2)[C@@H]2[C@H]1C1CCN2CC1. The molecule has 7 heteroatoms. The first-order valence-electron chi connectivity index (χ1n) is 9.20. The van der Waals surface area contributed by atoms with Gasteiger partial charge in [-0.25, -0.2) is 9.18 Å². The summed E-state index contributed by atoms with van der Waals surface area (Å²) < 4.78 is 13.4. The van der Waals surface area contributed by atoms with E-state index in [0.29, 0.717) is 18.2 Å². The topological polar surface area (TPSA) is 72.2 Å². The van der Waals surface area contributed by atoms with Crippen LogP contribution in [0.25, 0.3) is 0 Å². The van der Waals surface area contributed by atoms with Gasteiger partial charge in [-0.15, -0.1) is 0 Å². The summed E-state index contributed by atoms with van der Waals surface area (Å²) in [5.74, 6) is 0.284. The van der Waals surface area contributed by atoms with Crippen LogP contribution in [0.1, 0.15) is 34.8 Å². The molecule has 2 aromatic rings. The van der Waals surface area contributed by atoms with Crippen LogP contribution in [0.3, 0.4) is 0 Å². The van der Waals surface area contributed by atoms with Gasteiger partial charge in [0.05, 0.1) is 6.04 Å². The van der Waals surface area contributed by atoms with Gasteiger partial charge in [0.15, 0.2) is 0 Å². The molecule has 4 fully saturated rings. The van der Waals surface area contributed by atoms with E-state index in [-0.39, 0.29) is 35.4 Å². The summed E-state index contributed by atoms with van der Waals surface area (Å²) in [6, 6.07) is 7.09. The third-order valence-corrected chi connectivity index (χ3v) is 6.38. The second-order valence-corrected chi connectivity index (χ2v) is 7.63. The normalized spacial score (nSPS) is 32.7. The quantitative estimate of drug-likeness (QED) is 0.858. The lowest BCUT2D eigenvalue weighted by Gasteiger charge is -2.51. The Hall–Kier alpha value is -2.41. The molecule has 2 bridgehead atoms.